The van der Waals surface area contributed by atoms with Gasteiger partial charge in [0.2, 0.25) is 11.8 Å². The van der Waals surface area contributed by atoms with E-state index in [0.717, 1.165) is 68.6 Å². The summed E-state index contributed by atoms with van der Waals surface area (Å²) in [6.45, 7) is 7.06. The zero-order valence-electron chi connectivity index (χ0n) is 27.3. The summed E-state index contributed by atoms with van der Waals surface area (Å²) in [5.41, 5.74) is 1.76. The molecule has 3 fully saturated rings. The summed E-state index contributed by atoms with van der Waals surface area (Å²) in [4.78, 5) is 58.0. The van der Waals surface area contributed by atoms with Crippen LogP contribution in [0.15, 0.2) is 36.4 Å². The minimum absolute atomic E-state index is 0.0488. The Bertz CT molecular complexity index is 1460. The van der Waals surface area contributed by atoms with E-state index in [4.69, 9.17) is 4.74 Å². The van der Waals surface area contributed by atoms with Gasteiger partial charge in [0.25, 0.3) is 11.8 Å². The van der Waals surface area contributed by atoms with Crippen molar-refractivity contribution in [1.29, 1.82) is 0 Å². The van der Waals surface area contributed by atoms with Gasteiger partial charge in [0, 0.05) is 56.0 Å². The molecule has 2 saturated heterocycles. The Labute approximate surface area is 270 Å². The number of nitrogens with zero attached hydrogens (tertiary/aromatic N) is 3. The summed E-state index contributed by atoms with van der Waals surface area (Å²) < 4.78 is 20.9. The molecule has 2 aliphatic heterocycles. The largest absolute Gasteiger partial charge is 0.489 e. The minimum atomic E-state index is -0.945. The van der Waals surface area contributed by atoms with Crippen LogP contribution in [0.2, 0.25) is 0 Å². The highest BCUT2D eigenvalue weighted by Crippen LogP contribution is 2.39. The lowest BCUT2D eigenvalue weighted by molar-refractivity contribution is -0.127. The molecule has 11 heteroatoms. The lowest BCUT2D eigenvalue weighted by atomic mass is 9.83. The van der Waals surface area contributed by atoms with Crippen molar-refractivity contribution in [2.45, 2.75) is 83.4 Å². The number of ether oxygens (including phenoxy) is 1. The topological polar surface area (TPSA) is 111 Å². The maximum atomic E-state index is 14.4. The van der Waals surface area contributed by atoms with E-state index in [1.165, 1.54) is 24.3 Å². The fraction of sp³-hybridized carbons (Fsp3) is 0.543. The molecule has 2 aromatic rings. The van der Waals surface area contributed by atoms with E-state index < -0.39 is 17.8 Å². The highest BCUT2D eigenvalue weighted by molar-refractivity contribution is 6.00. The number of benzene rings is 2. The minimum Gasteiger partial charge on any atom is -0.489 e. The molecular formula is C35H46FN5O5. The number of anilines is 1. The predicted octanol–water partition coefficient (Wildman–Crippen LogP) is 4.41. The molecular weight excluding hydrogens is 589 g/mol. The molecule has 46 heavy (non-hydrogen) atoms. The van der Waals surface area contributed by atoms with Crippen molar-refractivity contribution in [2.75, 3.05) is 45.1 Å². The molecule has 4 amide bonds. The first-order chi connectivity index (χ1) is 22.0. The maximum Gasteiger partial charge on any atom is 0.254 e. The average Bonchev–Trinajstić information content (AvgIpc) is 3.43. The van der Waals surface area contributed by atoms with E-state index in [-0.39, 0.29) is 60.8 Å². The van der Waals surface area contributed by atoms with Crippen LogP contribution in [0.3, 0.4) is 0 Å². The number of piperazine rings is 1. The smallest absolute Gasteiger partial charge is 0.254 e. The molecule has 2 aromatic carbocycles. The average molecular weight is 636 g/mol. The van der Waals surface area contributed by atoms with Gasteiger partial charge in [0.1, 0.15) is 23.7 Å². The number of carbonyl (C=O) groups excluding carboxylic acids is 4. The van der Waals surface area contributed by atoms with Crippen molar-refractivity contribution in [3.8, 4) is 5.75 Å². The summed E-state index contributed by atoms with van der Waals surface area (Å²) in [5, 5.41) is 5.41. The lowest BCUT2D eigenvalue weighted by Crippen LogP contribution is -2.62. The van der Waals surface area contributed by atoms with Crippen LogP contribution in [-0.2, 0) is 9.59 Å². The molecule has 3 aliphatic rings. The molecule has 10 nitrogen and oxygen atoms in total. The SMILES string of the molecule is CC(=O)Nc1cc(F)cc(C(=O)N2CCN(C(=O)c3ccc(O[C@H]4CCN(C)C4)c(C4CCCCC4)c3)C(C(=O)NC(C)C)C2)c1. The summed E-state index contributed by atoms with van der Waals surface area (Å²) in [6, 6.07) is 8.18. The molecule has 0 radical (unpaired) electrons. The normalized spacial score (nSPS) is 20.9. The third-order valence-electron chi connectivity index (χ3n) is 9.07. The second-order valence-corrected chi connectivity index (χ2v) is 13.2. The Balaban J connectivity index is 1.40. The summed E-state index contributed by atoms with van der Waals surface area (Å²) in [7, 11) is 2.09. The van der Waals surface area contributed by atoms with Gasteiger partial charge in [-0.2, -0.15) is 0 Å². The second-order valence-electron chi connectivity index (χ2n) is 13.2. The van der Waals surface area contributed by atoms with Crippen molar-refractivity contribution >= 4 is 29.3 Å². The molecule has 0 spiro atoms. The fourth-order valence-corrected chi connectivity index (χ4v) is 6.84. The number of rotatable bonds is 8. The number of nitrogens with one attached hydrogen (secondary N) is 2. The number of halogens is 1. The van der Waals surface area contributed by atoms with Gasteiger partial charge in [0.15, 0.2) is 0 Å². The quantitative estimate of drug-likeness (QED) is 0.445. The number of hydrogen-bond donors (Lipinski definition) is 2. The zero-order chi connectivity index (χ0) is 33.0. The van der Waals surface area contributed by atoms with Crippen molar-refractivity contribution in [2.24, 2.45) is 0 Å². The van der Waals surface area contributed by atoms with Crippen LogP contribution >= 0.6 is 0 Å². The highest BCUT2D eigenvalue weighted by Gasteiger charge is 2.38. The maximum absolute atomic E-state index is 14.4. The lowest BCUT2D eigenvalue weighted by Gasteiger charge is -2.41. The van der Waals surface area contributed by atoms with Crippen LogP contribution in [0.25, 0.3) is 0 Å². The predicted molar refractivity (Wildman–Crippen MR) is 174 cm³/mol. The van der Waals surface area contributed by atoms with E-state index in [9.17, 15) is 23.6 Å². The first-order valence-corrected chi connectivity index (χ1v) is 16.5. The van der Waals surface area contributed by atoms with E-state index in [1.807, 2.05) is 26.0 Å². The third-order valence-corrected chi connectivity index (χ3v) is 9.07. The number of amides is 4. The molecule has 2 atom stereocenters. The zero-order valence-corrected chi connectivity index (χ0v) is 27.3. The van der Waals surface area contributed by atoms with Crippen LogP contribution in [0, 0.1) is 5.82 Å². The van der Waals surface area contributed by atoms with E-state index >= 15 is 0 Å². The van der Waals surface area contributed by atoms with Crippen molar-refractivity contribution in [1.82, 2.24) is 20.0 Å². The van der Waals surface area contributed by atoms with Crippen molar-refractivity contribution in [3.63, 3.8) is 0 Å². The van der Waals surface area contributed by atoms with E-state index in [0.29, 0.717) is 11.5 Å². The number of hydrogen-bond acceptors (Lipinski definition) is 6. The molecule has 248 valence electrons. The fourth-order valence-electron chi connectivity index (χ4n) is 6.84. The molecule has 2 N–H and O–H groups in total. The second kappa shape index (κ2) is 14.6. The van der Waals surface area contributed by atoms with Crippen LogP contribution in [0.1, 0.15) is 91.5 Å². The summed E-state index contributed by atoms with van der Waals surface area (Å²) in [6.07, 6.45) is 6.64. The Hall–Kier alpha value is -3.99. The highest BCUT2D eigenvalue weighted by atomic mass is 19.1. The van der Waals surface area contributed by atoms with Gasteiger partial charge in [0.05, 0.1) is 6.54 Å². The molecule has 1 aliphatic carbocycles. The van der Waals surface area contributed by atoms with E-state index in [1.54, 1.807) is 11.0 Å². The molecule has 1 saturated carbocycles. The van der Waals surface area contributed by atoms with Gasteiger partial charge >= 0.3 is 0 Å². The molecule has 2 heterocycles. The van der Waals surface area contributed by atoms with Gasteiger partial charge in [-0.1, -0.05) is 19.3 Å². The van der Waals surface area contributed by atoms with Crippen LogP contribution in [-0.4, -0.2) is 96.3 Å². The molecule has 0 aromatic heterocycles. The Morgan fingerprint density at radius 3 is 2.33 bits per heavy atom. The standard InChI is InChI=1S/C35H46FN5O5/c1-22(2)37-33(43)31-21-40(34(44)26-16-27(36)19-28(17-26)38-23(3)42)14-15-41(31)35(45)25-10-11-32(46-29-12-13-39(4)20-29)30(18-25)24-8-6-5-7-9-24/h10-11,16-19,22,24,29,31H,5-9,12-15,20-21H2,1-4H3,(H,37,43)(H,38,42)/t29-,31?/m0/s1. The number of likely N-dealkylation sites (tertiary alicyclic amines) is 1. The molecule has 0 bridgehead atoms. The van der Waals surface area contributed by atoms with E-state index in [2.05, 4.69) is 22.6 Å². The summed E-state index contributed by atoms with van der Waals surface area (Å²) in [5.74, 6) is -1.05. The van der Waals surface area contributed by atoms with Gasteiger partial charge < -0.3 is 30.1 Å². The van der Waals surface area contributed by atoms with Crippen LogP contribution in [0.5, 0.6) is 5.75 Å². The number of likely N-dealkylation sites (N-methyl/N-ethyl adjacent to an activating group) is 1. The molecule has 1 unspecified atom stereocenters. The van der Waals surface area contributed by atoms with Crippen LogP contribution in [0.4, 0.5) is 10.1 Å². The Kier molecular flexibility index (Phi) is 10.6. The van der Waals surface area contributed by atoms with Gasteiger partial charge in [-0.25, -0.2) is 4.39 Å². The molecule has 5 rings (SSSR count). The summed E-state index contributed by atoms with van der Waals surface area (Å²) >= 11 is 0. The van der Waals surface area contributed by atoms with Gasteiger partial charge in [-0.05, 0) is 88.0 Å². The first kappa shape index (κ1) is 33.4. The van der Waals surface area contributed by atoms with Crippen molar-refractivity contribution in [3.05, 3.63) is 58.9 Å². The first-order valence-electron chi connectivity index (χ1n) is 16.5. The Morgan fingerprint density at radius 2 is 1.65 bits per heavy atom. The Morgan fingerprint density at radius 1 is 0.891 bits per heavy atom. The number of carbonyl (C=O) groups is 4. The van der Waals surface area contributed by atoms with Crippen molar-refractivity contribution < 1.29 is 28.3 Å². The third kappa shape index (κ3) is 8.04. The monoisotopic (exact) mass is 635 g/mol. The van der Waals surface area contributed by atoms with Gasteiger partial charge in [-0.3, -0.25) is 19.2 Å². The van der Waals surface area contributed by atoms with Crippen LogP contribution < -0.4 is 15.4 Å². The van der Waals surface area contributed by atoms with Gasteiger partial charge in [-0.15, -0.1) is 0 Å².